The molecule has 0 bridgehead atoms. The van der Waals surface area contributed by atoms with Gasteiger partial charge in [-0.05, 0) is 25.8 Å². The maximum absolute atomic E-state index is 5.86. The molecule has 2 aromatic rings. The largest absolute Gasteiger partial charge is 0.338 e. The summed E-state index contributed by atoms with van der Waals surface area (Å²) in [6.07, 6.45) is 2.57. The number of aromatic nitrogens is 2. The third-order valence-electron chi connectivity index (χ3n) is 3.86. The summed E-state index contributed by atoms with van der Waals surface area (Å²) in [6.45, 7) is 1.33. The second-order valence-corrected chi connectivity index (χ2v) is 5.43. The van der Waals surface area contributed by atoms with Gasteiger partial charge in [-0.3, -0.25) is 4.90 Å². The molecule has 1 aromatic carbocycles. The van der Waals surface area contributed by atoms with Crippen molar-refractivity contribution in [3.8, 4) is 11.4 Å². The van der Waals surface area contributed by atoms with E-state index in [0.717, 1.165) is 11.5 Å². The van der Waals surface area contributed by atoms with Crippen molar-refractivity contribution in [2.24, 2.45) is 11.7 Å². The predicted molar refractivity (Wildman–Crippen MR) is 76.8 cm³/mol. The Hall–Kier alpha value is -1.72. The van der Waals surface area contributed by atoms with E-state index in [0.29, 0.717) is 30.8 Å². The molecule has 1 aliphatic carbocycles. The maximum Gasteiger partial charge on any atom is 0.241 e. The number of benzene rings is 1. The van der Waals surface area contributed by atoms with E-state index in [-0.39, 0.29) is 0 Å². The van der Waals surface area contributed by atoms with Crippen LogP contribution in [0, 0.1) is 5.92 Å². The number of hydrogen-bond acceptors (Lipinski definition) is 5. The number of nitrogens with zero attached hydrogens (tertiary/aromatic N) is 3. The van der Waals surface area contributed by atoms with Gasteiger partial charge >= 0.3 is 0 Å². The molecule has 1 fully saturated rings. The SMILES string of the molecule is CN(Cc1nc(-c2ccccc2)no1)C(CN)C1CC1. The Kier molecular flexibility index (Phi) is 3.80. The molecule has 0 saturated heterocycles. The van der Waals surface area contributed by atoms with Crippen molar-refractivity contribution in [3.05, 3.63) is 36.2 Å². The minimum absolute atomic E-state index is 0.419. The second kappa shape index (κ2) is 5.73. The van der Waals surface area contributed by atoms with Gasteiger partial charge in [0.2, 0.25) is 11.7 Å². The van der Waals surface area contributed by atoms with E-state index in [9.17, 15) is 0 Å². The van der Waals surface area contributed by atoms with Gasteiger partial charge in [-0.15, -0.1) is 0 Å². The smallest absolute Gasteiger partial charge is 0.241 e. The monoisotopic (exact) mass is 272 g/mol. The summed E-state index contributed by atoms with van der Waals surface area (Å²) in [5.74, 6) is 2.02. The number of hydrogen-bond donors (Lipinski definition) is 1. The Labute approximate surface area is 118 Å². The summed E-state index contributed by atoms with van der Waals surface area (Å²) < 4.78 is 5.34. The third kappa shape index (κ3) is 2.89. The fourth-order valence-corrected chi connectivity index (χ4v) is 2.57. The third-order valence-corrected chi connectivity index (χ3v) is 3.86. The molecule has 0 amide bonds. The van der Waals surface area contributed by atoms with E-state index in [4.69, 9.17) is 10.3 Å². The van der Waals surface area contributed by atoms with Gasteiger partial charge in [-0.25, -0.2) is 0 Å². The zero-order valence-corrected chi connectivity index (χ0v) is 11.7. The van der Waals surface area contributed by atoms with Gasteiger partial charge in [0.15, 0.2) is 0 Å². The zero-order chi connectivity index (χ0) is 13.9. The van der Waals surface area contributed by atoms with Crippen LogP contribution in [0.2, 0.25) is 0 Å². The molecular formula is C15H20N4O. The predicted octanol–water partition coefficient (Wildman–Crippen LogP) is 1.91. The van der Waals surface area contributed by atoms with Crippen LogP contribution in [0.4, 0.5) is 0 Å². The van der Waals surface area contributed by atoms with Crippen molar-refractivity contribution in [2.75, 3.05) is 13.6 Å². The lowest BCUT2D eigenvalue weighted by atomic mass is 10.1. The van der Waals surface area contributed by atoms with Gasteiger partial charge in [-0.2, -0.15) is 4.98 Å². The average molecular weight is 272 g/mol. The highest BCUT2D eigenvalue weighted by atomic mass is 16.5. The fourth-order valence-electron chi connectivity index (χ4n) is 2.57. The molecule has 0 spiro atoms. The van der Waals surface area contributed by atoms with Crippen LogP contribution >= 0.6 is 0 Å². The minimum Gasteiger partial charge on any atom is -0.338 e. The molecular weight excluding hydrogens is 252 g/mol. The molecule has 3 rings (SSSR count). The summed E-state index contributed by atoms with van der Waals surface area (Å²) in [5, 5.41) is 4.04. The van der Waals surface area contributed by atoms with Crippen molar-refractivity contribution in [1.29, 1.82) is 0 Å². The van der Waals surface area contributed by atoms with Crippen molar-refractivity contribution < 1.29 is 4.52 Å². The van der Waals surface area contributed by atoms with Gasteiger partial charge in [0.05, 0.1) is 6.54 Å². The average Bonchev–Trinajstić information content (AvgIpc) is 3.19. The first-order valence-electron chi connectivity index (χ1n) is 7.06. The summed E-state index contributed by atoms with van der Waals surface area (Å²) in [6, 6.07) is 10.3. The van der Waals surface area contributed by atoms with Crippen molar-refractivity contribution in [3.63, 3.8) is 0 Å². The van der Waals surface area contributed by atoms with E-state index < -0.39 is 0 Å². The van der Waals surface area contributed by atoms with Crippen LogP contribution in [0.1, 0.15) is 18.7 Å². The normalized spacial score (nSPS) is 16.6. The molecule has 1 aliphatic rings. The summed E-state index contributed by atoms with van der Waals surface area (Å²) in [5.41, 5.74) is 6.83. The van der Waals surface area contributed by atoms with E-state index >= 15 is 0 Å². The lowest BCUT2D eigenvalue weighted by Crippen LogP contribution is -2.39. The van der Waals surface area contributed by atoms with Crippen LogP contribution in [-0.2, 0) is 6.54 Å². The lowest BCUT2D eigenvalue weighted by Gasteiger charge is -2.25. The first-order chi connectivity index (χ1) is 9.78. The van der Waals surface area contributed by atoms with E-state index in [1.807, 2.05) is 30.3 Å². The summed E-state index contributed by atoms with van der Waals surface area (Å²) in [7, 11) is 2.07. The Balaban J connectivity index is 1.68. The highest BCUT2D eigenvalue weighted by Crippen LogP contribution is 2.34. The van der Waals surface area contributed by atoms with Gasteiger partial charge in [0.25, 0.3) is 0 Å². The molecule has 1 atom stereocenters. The van der Waals surface area contributed by atoms with E-state index in [2.05, 4.69) is 22.1 Å². The first kappa shape index (κ1) is 13.3. The second-order valence-electron chi connectivity index (χ2n) is 5.43. The molecule has 2 N–H and O–H groups in total. The van der Waals surface area contributed by atoms with E-state index in [1.54, 1.807) is 0 Å². The molecule has 20 heavy (non-hydrogen) atoms. The van der Waals surface area contributed by atoms with Crippen LogP contribution in [0.3, 0.4) is 0 Å². The lowest BCUT2D eigenvalue weighted by molar-refractivity contribution is 0.189. The Morgan fingerprint density at radius 2 is 2.10 bits per heavy atom. The van der Waals surface area contributed by atoms with Crippen LogP contribution in [0.15, 0.2) is 34.9 Å². The Bertz CT molecular complexity index is 550. The molecule has 1 saturated carbocycles. The van der Waals surface area contributed by atoms with Gasteiger partial charge < -0.3 is 10.3 Å². The van der Waals surface area contributed by atoms with Crippen molar-refractivity contribution >= 4 is 0 Å². The molecule has 5 heteroatoms. The molecule has 5 nitrogen and oxygen atoms in total. The van der Waals surface area contributed by atoms with Crippen LogP contribution < -0.4 is 5.73 Å². The van der Waals surface area contributed by atoms with Crippen molar-refractivity contribution in [1.82, 2.24) is 15.0 Å². The Morgan fingerprint density at radius 3 is 2.75 bits per heavy atom. The molecule has 0 radical (unpaired) electrons. The molecule has 1 heterocycles. The number of rotatable bonds is 6. The minimum atomic E-state index is 0.419. The summed E-state index contributed by atoms with van der Waals surface area (Å²) >= 11 is 0. The molecule has 106 valence electrons. The quantitative estimate of drug-likeness (QED) is 0.870. The topological polar surface area (TPSA) is 68.2 Å². The number of likely N-dealkylation sites (N-methyl/N-ethyl adjacent to an activating group) is 1. The van der Waals surface area contributed by atoms with Crippen LogP contribution in [0.5, 0.6) is 0 Å². The standard InChI is InChI=1S/C15H20N4O/c1-19(13(9-16)11-7-8-11)10-14-17-15(18-20-14)12-5-3-2-4-6-12/h2-6,11,13H,7-10,16H2,1H3. The Morgan fingerprint density at radius 1 is 1.35 bits per heavy atom. The van der Waals surface area contributed by atoms with Gasteiger partial charge in [-0.1, -0.05) is 35.5 Å². The van der Waals surface area contributed by atoms with Crippen molar-refractivity contribution in [2.45, 2.75) is 25.4 Å². The fraction of sp³-hybridized carbons (Fsp3) is 0.467. The zero-order valence-electron chi connectivity index (χ0n) is 11.7. The maximum atomic E-state index is 5.86. The molecule has 1 aromatic heterocycles. The van der Waals surface area contributed by atoms with Crippen LogP contribution in [-0.4, -0.2) is 34.7 Å². The molecule has 0 aliphatic heterocycles. The number of nitrogens with two attached hydrogens (primary N) is 1. The van der Waals surface area contributed by atoms with Gasteiger partial charge in [0, 0.05) is 18.2 Å². The van der Waals surface area contributed by atoms with Gasteiger partial charge in [0.1, 0.15) is 0 Å². The first-order valence-corrected chi connectivity index (χ1v) is 7.06. The highest BCUT2D eigenvalue weighted by Gasteiger charge is 2.33. The van der Waals surface area contributed by atoms with Crippen LogP contribution in [0.25, 0.3) is 11.4 Å². The highest BCUT2D eigenvalue weighted by molar-refractivity contribution is 5.53. The molecule has 1 unspecified atom stereocenters. The summed E-state index contributed by atoms with van der Waals surface area (Å²) in [4.78, 5) is 6.68. The van der Waals surface area contributed by atoms with E-state index in [1.165, 1.54) is 12.8 Å².